The number of ether oxygens (including phenoxy) is 1. The molecule has 1 aliphatic rings. The number of rotatable bonds is 3. The van der Waals surface area contributed by atoms with Crippen LogP contribution >= 0.6 is 0 Å². The Balaban J connectivity index is 2.11. The molecule has 0 saturated carbocycles. The van der Waals surface area contributed by atoms with Crippen molar-refractivity contribution >= 4 is 34.9 Å². The molecule has 27 heavy (non-hydrogen) atoms. The second-order valence-electron chi connectivity index (χ2n) is 6.22. The van der Waals surface area contributed by atoms with Gasteiger partial charge in [-0.1, -0.05) is 6.07 Å². The molecule has 1 fully saturated rings. The average molecular weight is 369 g/mol. The van der Waals surface area contributed by atoms with Crippen LogP contribution in [0.15, 0.2) is 34.9 Å². The van der Waals surface area contributed by atoms with Crippen molar-refractivity contribution in [1.82, 2.24) is 14.4 Å². The van der Waals surface area contributed by atoms with E-state index < -0.39 is 23.3 Å². The number of aromatic nitrogens is 1. The van der Waals surface area contributed by atoms with Gasteiger partial charge in [0.1, 0.15) is 11.3 Å². The first-order valence-electron chi connectivity index (χ1n) is 8.34. The number of nitrogens with zero attached hydrogens (tertiary/aromatic N) is 3. The lowest BCUT2D eigenvalue weighted by Gasteiger charge is -2.10. The maximum Gasteiger partial charge on any atom is 0.343 e. The number of likely N-dealkylation sites (N-methyl/N-ethyl adjacent to an activating group) is 2. The summed E-state index contributed by atoms with van der Waals surface area (Å²) in [6.07, 6.45) is 3.02. The first kappa shape index (κ1) is 18.4. The number of esters is 1. The molecule has 0 aliphatic carbocycles. The minimum Gasteiger partial charge on any atom is -0.462 e. The van der Waals surface area contributed by atoms with E-state index in [1.54, 1.807) is 42.8 Å². The van der Waals surface area contributed by atoms with Gasteiger partial charge in [-0.05, 0) is 30.7 Å². The zero-order valence-corrected chi connectivity index (χ0v) is 15.5. The Hall–Kier alpha value is -3.42. The lowest BCUT2D eigenvalue weighted by molar-refractivity contribution is -0.122. The number of hydrogen-bond donors (Lipinski definition) is 0. The van der Waals surface area contributed by atoms with Crippen LogP contribution in [0.1, 0.15) is 22.8 Å². The van der Waals surface area contributed by atoms with Crippen LogP contribution in [0.25, 0.3) is 17.0 Å². The molecular formula is C19H19N3O5. The van der Waals surface area contributed by atoms with Crippen LogP contribution in [0.2, 0.25) is 0 Å². The van der Waals surface area contributed by atoms with Gasteiger partial charge in [-0.15, -0.1) is 0 Å². The predicted molar refractivity (Wildman–Crippen MR) is 99.1 cm³/mol. The minimum atomic E-state index is -0.661. The Kier molecular flexibility index (Phi) is 4.57. The van der Waals surface area contributed by atoms with Gasteiger partial charge in [0.25, 0.3) is 5.91 Å². The summed E-state index contributed by atoms with van der Waals surface area (Å²) in [5.74, 6) is -1.06. The van der Waals surface area contributed by atoms with Crippen molar-refractivity contribution in [2.75, 3.05) is 20.7 Å². The van der Waals surface area contributed by atoms with Gasteiger partial charge in [0, 0.05) is 32.7 Å². The topological polar surface area (TPSA) is 88.9 Å². The number of hydrogen-bond acceptors (Lipinski definition) is 5. The van der Waals surface area contributed by atoms with Gasteiger partial charge in [-0.2, -0.15) is 0 Å². The van der Waals surface area contributed by atoms with E-state index in [1.165, 1.54) is 25.2 Å². The molecule has 0 unspecified atom stereocenters. The van der Waals surface area contributed by atoms with Gasteiger partial charge in [0.05, 0.1) is 12.1 Å². The molecule has 140 valence electrons. The fourth-order valence-electron chi connectivity index (χ4n) is 2.99. The highest BCUT2D eigenvalue weighted by atomic mass is 16.5. The van der Waals surface area contributed by atoms with Crippen LogP contribution in [0.4, 0.5) is 4.79 Å². The largest absolute Gasteiger partial charge is 0.462 e. The molecule has 0 N–H and O–H groups in total. The summed E-state index contributed by atoms with van der Waals surface area (Å²) in [5, 5.41) is 0.365. The van der Waals surface area contributed by atoms with E-state index in [4.69, 9.17) is 4.74 Å². The lowest BCUT2D eigenvalue weighted by atomic mass is 10.1. The van der Waals surface area contributed by atoms with Crippen molar-refractivity contribution < 1.29 is 19.1 Å². The van der Waals surface area contributed by atoms with Crippen molar-refractivity contribution in [2.45, 2.75) is 6.92 Å². The molecule has 1 aromatic heterocycles. The highest BCUT2D eigenvalue weighted by Crippen LogP contribution is 2.22. The first-order valence-corrected chi connectivity index (χ1v) is 8.34. The second kappa shape index (κ2) is 6.71. The summed E-state index contributed by atoms with van der Waals surface area (Å²) >= 11 is 0. The van der Waals surface area contributed by atoms with Gasteiger partial charge in [-0.3, -0.25) is 19.4 Å². The van der Waals surface area contributed by atoms with Gasteiger partial charge in [-0.25, -0.2) is 9.59 Å². The Morgan fingerprint density at radius 1 is 1.11 bits per heavy atom. The van der Waals surface area contributed by atoms with Gasteiger partial charge >= 0.3 is 12.0 Å². The number of urea groups is 1. The molecule has 3 amide bonds. The highest BCUT2D eigenvalue weighted by molar-refractivity contribution is 6.13. The van der Waals surface area contributed by atoms with E-state index in [0.29, 0.717) is 16.5 Å². The normalized spacial score (nSPS) is 15.9. The second-order valence-corrected chi connectivity index (χ2v) is 6.22. The van der Waals surface area contributed by atoms with Crippen molar-refractivity contribution in [3.8, 4) is 0 Å². The Labute approximate surface area is 155 Å². The van der Waals surface area contributed by atoms with Crippen molar-refractivity contribution in [1.29, 1.82) is 0 Å². The molecule has 8 nitrogen and oxygen atoms in total. The number of amides is 3. The minimum absolute atomic E-state index is 0.0316. The van der Waals surface area contributed by atoms with E-state index in [1.807, 2.05) is 0 Å². The van der Waals surface area contributed by atoms with Gasteiger partial charge in [0.15, 0.2) is 0 Å². The van der Waals surface area contributed by atoms with Crippen LogP contribution in [0, 0.1) is 0 Å². The number of carbonyl (C=O) groups excluding carboxylic acids is 3. The Morgan fingerprint density at radius 2 is 1.81 bits per heavy atom. The summed E-state index contributed by atoms with van der Waals surface area (Å²) < 4.78 is 6.58. The molecule has 0 spiro atoms. The van der Waals surface area contributed by atoms with Crippen molar-refractivity contribution in [3.63, 3.8) is 0 Å². The third kappa shape index (κ3) is 2.99. The smallest absolute Gasteiger partial charge is 0.343 e. The third-order valence-corrected chi connectivity index (χ3v) is 4.47. The third-order valence-electron chi connectivity index (χ3n) is 4.47. The maximum absolute atomic E-state index is 12.6. The van der Waals surface area contributed by atoms with Crippen molar-refractivity contribution in [3.05, 3.63) is 51.4 Å². The van der Waals surface area contributed by atoms with Crippen LogP contribution in [0.3, 0.4) is 0 Å². The number of aryl methyl sites for hydroxylation is 1. The van der Waals surface area contributed by atoms with Crippen LogP contribution in [-0.4, -0.2) is 53.0 Å². The Morgan fingerprint density at radius 3 is 2.41 bits per heavy atom. The predicted octanol–water partition coefficient (Wildman–Crippen LogP) is 1.58. The fourth-order valence-corrected chi connectivity index (χ4v) is 2.99. The number of carbonyl (C=O) groups is 3. The fraction of sp³-hybridized carbons (Fsp3) is 0.263. The highest BCUT2D eigenvalue weighted by Gasteiger charge is 2.35. The summed E-state index contributed by atoms with van der Waals surface area (Å²) in [6, 6.07) is 4.58. The SMILES string of the molecule is CCOC(=O)c1cn(C)c2cc(/C=C3\C(=O)N(C)C(=O)N3C)ccc2c1=O. The van der Waals surface area contributed by atoms with Gasteiger partial charge < -0.3 is 9.30 Å². The molecule has 1 aliphatic heterocycles. The van der Waals surface area contributed by atoms with E-state index in [2.05, 4.69) is 0 Å². The molecule has 0 radical (unpaired) electrons. The molecule has 1 saturated heterocycles. The van der Waals surface area contributed by atoms with E-state index in [9.17, 15) is 19.2 Å². The molecule has 2 aromatic rings. The molecule has 2 heterocycles. The standard InChI is InChI=1S/C19H19N3O5/c1-5-27-18(25)13-10-20(2)14-8-11(6-7-12(14)16(13)23)9-15-17(24)22(4)19(26)21(15)3/h6-10H,5H2,1-4H3/b15-9+. The zero-order valence-electron chi connectivity index (χ0n) is 15.5. The molecule has 8 heteroatoms. The zero-order chi connectivity index (χ0) is 19.9. The number of imide groups is 1. The number of benzene rings is 1. The van der Waals surface area contributed by atoms with Crippen LogP contribution < -0.4 is 5.43 Å². The van der Waals surface area contributed by atoms with Crippen LogP contribution in [-0.2, 0) is 16.6 Å². The summed E-state index contributed by atoms with van der Waals surface area (Å²) in [4.78, 5) is 50.9. The van der Waals surface area contributed by atoms with Gasteiger partial charge in [0.2, 0.25) is 5.43 Å². The van der Waals surface area contributed by atoms with E-state index >= 15 is 0 Å². The maximum atomic E-state index is 12.6. The average Bonchev–Trinajstić information content (AvgIpc) is 2.82. The molecular weight excluding hydrogens is 350 g/mol. The van der Waals surface area contributed by atoms with E-state index in [-0.39, 0.29) is 17.9 Å². The van der Waals surface area contributed by atoms with E-state index in [0.717, 1.165) is 4.90 Å². The molecule has 3 rings (SSSR count). The number of pyridine rings is 1. The molecule has 0 atom stereocenters. The number of fused-ring (bicyclic) bond motifs is 1. The Bertz CT molecular complexity index is 1070. The quantitative estimate of drug-likeness (QED) is 0.466. The summed E-state index contributed by atoms with van der Waals surface area (Å²) in [6.45, 7) is 1.86. The lowest BCUT2D eigenvalue weighted by Crippen LogP contribution is -2.27. The van der Waals surface area contributed by atoms with Crippen LogP contribution in [0.5, 0.6) is 0 Å². The first-order chi connectivity index (χ1) is 12.8. The molecule has 0 bridgehead atoms. The summed E-state index contributed by atoms with van der Waals surface area (Å²) in [5.41, 5.74) is 1.05. The summed E-state index contributed by atoms with van der Waals surface area (Å²) in [7, 11) is 4.66. The van der Waals surface area contributed by atoms with Crippen molar-refractivity contribution in [2.24, 2.45) is 7.05 Å². The molecule has 1 aromatic carbocycles. The monoisotopic (exact) mass is 369 g/mol.